The molecule has 34 heavy (non-hydrogen) atoms. The number of halogens is 4. The molecule has 0 saturated carbocycles. The molecule has 3 aromatic rings. The number of rotatable bonds is 5. The van der Waals surface area contributed by atoms with Gasteiger partial charge in [0, 0.05) is 30.7 Å². The average Bonchev–Trinajstić information content (AvgIpc) is 2.83. The van der Waals surface area contributed by atoms with Crippen LogP contribution in [0.1, 0.15) is 11.1 Å². The SMILES string of the molecule is COC(=O)/C=C/c1ccccc1.Cc1ccc(S(=O)(=O)N=Ic2ccccc2)cc1.[I][V]([I])[I]. The molecule has 0 radical (unpaired) electrons. The van der Waals surface area contributed by atoms with Crippen molar-refractivity contribution in [2.45, 2.75) is 11.8 Å². The number of nitrogens with zero attached hydrogens (tertiary/aromatic N) is 1. The standard InChI is InChI=1S/C13H12INO2S.C10H10O2.3HI.V/c1-11-7-9-13(10-8-11)18(16,17)15-14-12-5-3-2-4-6-12;1-12-10(11)8-7-9-5-3-2-4-6-9;;;;/h2-10H,1H3;2-8H,1H3;3*1H;/q;;;;;+3/p-3/b;8-7+;;;;. The van der Waals surface area contributed by atoms with Gasteiger partial charge in [-0.2, -0.15) is 8.42 Å². The van der Waals surface area contributed by atoms with Crippen molar-refractivity contribution in [3.63, 3.8) is 0 Å². The first-order valence-corrected chi connectivity index (χ1v) is 26.5. The molecule has 0 N–H and O–H groups in total. The topological polar surface area (TPSA) is 72.8 Å². The number of methoxy groups -OCH3 is 1. The van der Waals surface area contributed by atoms with E-state index < -0.39 is 31.1 Å². The summed E-state index contributed by atoms with van der Waals surface area (Å²) in [5.74, 6) is -0.334. The van der Waals surface area contributed by atoms with E-state index in [-0.39, 0.29) is 15.8 Å². The number of hydrogen-bond acceptors (Lipinski definition) is 4. The molecule has 11 heteroatoms. The van der Waals surface area contributed by atoms with E-state index in [2.05, 4.69) is 67.2 Å². The Kier molecular flexibility index (Phi) is 17.4. The molecule has 5 nitrogen and oxygen atoms in total. The van der Waals surface area contributed by atoms with Crippen molar-refractivity contribution in [3.05, 3.63) is 106 Å². The number of sulfonamides is 1. The minimum atomic E-state index is -3.50. The summed E-state index contributed by atoms with van der Waals surface area (Å²) in [6.45, 7) is 1.92. The van der Waals surface area contributed by atoms with Gasteiger partial charge in [-0.1, -0.05) is 66.2 Å². The zero-order chi connectivity index (χ0) is 25.4. The summed E-state index contributed by atoms with van der Waals surface area (Å²) in [6, 6.07) is 25.8. The molecule has 182 valence electrons. The first-order chi connectivity index (χ1) is 16.1. The van der Waals surface area contributed by atoms with Crippen LogP contribution in [0.4, 0.5) is 0 Å². The van der Waals surface area contributed by atoms with E-state index in [1.54, 1.807) is 30.3 Å². The Morgan fingerprint density at radius 3 is 1.91 bits per heavy atom. The summed E-state index contributed by atoms with van der Waals surface area (Å²) in [4.78, 5) is 10.7. The van der Waals surface area contributed by atoms with Gasteiger partial charge in [-0.05, 0) is 42.8 Å². The average molecular weight is 967 g/mol. The van der Waals surface area contributed by atoms with Crippen LogP contribution in [0, 0.1) is 10.5 Å². The quantitative estimate of drug-likeness (QED) is 0.147. The van der Waals surface area contributed by atoms with Gasteiger partial charge < -0.3 is 4.74 Å². The molecule has 0 spiro atoms. The van der Waals surface area contributed by atoms with Crippen molar-refractivity contribution in [2.24, 2.45) is 2.55 Å². The number of aryl methyl sites for hydroxylation is 1. The number of carbonyl (C=O) groups is 1. The van der Waals surface area contributed by atoms with Gasteiger partial charge in [-0.25, -0.2) is 4.79 Å². The molecule has 0 atom stereocenters. The van der Waals surface area contributed by atoms with Crippen LogP contribution in [0.3, 0.4) is 0 Å². The van der Waals surface area contributed by atoms with Crippen LogP contribution >= 0.6 is 81.0 Å². The molecule has 0 aliphatic heterocycles. The molecule has 0 aliphatic rings. The summed E-state index contributed by atoms with van der Waals surface area (Å²) in [5, 5.41) is 0. The van der Waals surface area contributed by atoms with Crippen LogP contribution in [-0.4, -0.2) is 21.5 Å². The Balaban J connectivity index is 0.000000312. The fourth-order valence-corrected chi connectivity index (χ4v) is 5.71. The van der Waals surface area contributed by atoms with Crippen LogP contribution in [0.5, 0.6) is 0 Å². The third-order valence-corrected chi connectivity index (χ3v) is 8.23. The van der Waals surface area contributed by atoms with Crippen molar-refractivity contribution in [1.82, 2.24) is 0 Å². The predicted octanol–water partition coefficient (Wildman–Crippen LogP) is 8.24. The van der Waals surface area contributed by atoms with Gasteiger partial charge in [0.25, 0.3) is 10.0 Å². The van der Waals surface area contributed by atoms with Crippen molar-refractivity contribution >= 4 is 103 Å². The number of benzene rings is 3. The normalized spacial score (nSPS) is 11.1. The second-order valence-electron chi connectivity index (χ2n) is 6.20. The Bertz CT molecular complexity index is 1160. The van der Waals surface area contributed by atoms with Gasteiger partial charge in [-0.15, -0.1) is 2.55 Å². The Morgan fingerprint density at radius 2 is 1.41 bits per heavy atom. The van der Waals surface area contributed by atoms with E-state index in [9.17, 15) is 13.2 Å². The summed E-state index contributed by atoms with van der Waals surface area (Å²) in [7, 11) is -2.14. The van der Waals surface area contributed by atoms with E-state index in [4.69, 9.17) is 0 Å². The molecule has 0 bridgehead atoms. The van der Waals surface area contributed by atoms with Crippen molar-refractivity contribution in [1.29, 1.82) is 0 Å². The fraction of sp³-hybridized carbons (Fsp3) is 0.0870. The minimum absolute atomic E-state index is 0.267. The summed E-state index contributed by atoms with van der Waals surface area (Å²) in [6.07, 6.45) is 3.11. The molecule has 0 unspecified atom stereocenters. The third kappa shape index (κ3) is 15.3. The van der Waals surface area contributed by atoms with Crippen LogP contribution in [0.2, 0.25) is 0 Å². The van der Waals surface area contributed by atoms with Gasteiger partial charge >= 0.3 is 70.8 Å². The third-order valence-electron chi connectivity index (χ3n) is 3.69. The second-order valence-corrected chi connectivity index (χ2v) is 46.0. The fourth-order valence-electron chi connectivity index (χ4n) is 2.10. The van der Waals surface area contributed by atoms with E-state index in [1.807, 2.05) is 67.6 Å². The van der Waals surface area contributed by atoms with Gasteiger partial charge in [-0.3, -0.25) is 0 Å². The Hall–Kier alpha value is 0.124. The van der Waals surface area contributed by atoms with Crippen molar-refractivity contribution in [2.75, 3.05) is 7.11 Å². The molecule has 0 aromatic heterocycles. The van der Waals surface area contributed by atoms with Crippen LogP contribution in [0.15, 0.2) is 98.5 Å². The predicted molar refractivity (Wildman–Crippen MR) is 170 cm³/mol. The van der Waals surface area contributed by atoms with Gasteiger partial charge in [0.2, 0.25) is 0 Å². The van der Waals surface area contributed by atoms with E-state index >= 15 is 0 Å². The van der Waals surface area contributed by atoms with Crippen molar-refractivity contribution in [3.8, 4) is 0 Å². The van der Waals surface area contributed by atoms with Gasteiger partial charge in [0.05, 0.1) is 12.0 Å². The van der Waals surface area contributed by atoms with E-state index in [1.165, 1.54) is 13.2 Å². The number of hydrogen-bond donors (Lipinski definition) is 0. The molecule has 0 saturated heterocycles. The van der Waals surface area contributed by atoms with Gasteiger partial charge in [0.1, 0.15) is 0 Å². The molecule has 3 aromatic carbocycles. The zero-order valence-corrected chi connectivity index (χ0v) is 29.0. The maximum absolute atomic E-state index is 12.0. The van der Waals surface area contributed by atoms with Crippen LogP contribution in [-0.2, 0) is 24.5 Å². The van der Waals surface area contributed by atoms with E-state index in [0.717, 1.165) is 14.7 Å². The Morgan fingerprint density at radius 1 is 0.912 bits per heavy atom. The van der Waals surface area contributed by atoms with Crippen LogP contribution in [0.25, 0.3) is 6.08 Å². The number of carbonyl (C=O) groups excluding carboxylic acids is 1. The van der Waals surface area contributed by atoms with Crippen molar-refractivity contribution < 1.29 is 22.9 Å². The van der Waals surface area contributed by atoms with Crippen LogP contribution < -0.4 is 0 Å². The molecule has 0 fully saturated rings. The molecule has 3 rings (SSSR count). The summed E-state index contributed by atoms with van der Waals surface area (Å²) in [5.41, 5.74) is 2.02. The molecule has 0 amide bonds. The zero-order valence-electron chi connectivity index (χ0n) is 18.2. The monoisotopic (exact) mass is 967 g/mol. The van der Waals surface area contributed by atoms with Gasteiger partial charge in [0.15, 0.2) is 0 Å². The number of ether oxygens (including phenoxy) is 1. The Labute approximate surface area is 249 Å². The summed E-state index contributed by atoms with van der Waals surface area (Å²) < 4.78 is 33.3. The molecular formula is C23H22I4NO4SV. The number of esters is 1. The summed E-state index contributed by atoms with van der Waals surface area (Å²) >= 11 is 6.53. The first kappa shape index (κ1) is 32.2. The van der Waals surface area contributed by atoms with E-state index in [0.29, 0.717) is 0 Å². The molecule has 0 heterocycles. The molecule has 0 aliphatic carbocycles. The maximum atomic E-state index is 12.0. The second kappa shape index (κ2) is 18.4. The molecular weight excluding hydrogens is 945 g/mol. The first-order valence-electron chi connectivity index (χ1n) is 9.46.